The van der Waals surface area contributed by atoms with E-state index in [2.05, 4.69) is 33.5 Å². The summed E-state index contributed by atoms with van der Waals surface area (Å²) in [5.41, 5.74) is 4.89. The molecule has 27 nitrogen and oxygen atoms in total. The second-order valence-electron chi connectivity index (χ2n) is 12.1. The third-order valence-electron chi connectivity index (χ3n) is 8.49. The van der Waals surface area contributed by atoms with E-state index < -0.39 is 96.9 Å². The Hall–Kier alpha value is -3.33. The molecule has 4 aromatic heterocycles. The van der Waals surface area contributed by atoms with Gasteiger partial charge in [-0.15, -0.1) is 0 Å². The Bertz CT molecular complexity index is 2350. The predicted molar refractivity (Wildman–Crippen MR) is 172 cm³/mol. The first kappa shape index (κ1) is 38.9. The summed E-state index contributed by atoms with van der Waals surface area (Å²) in [4.78, 5) is 72.5. The Kier molecular flexibility index (Phi) is 10.3. The third kappa shape index (κ3) is 7.47. The molecule has 7 rings (SSSR count). The summed E-state index contributed by atoms with van der Waals surface area (Å²) in [6.07, 6.45) is -6.59. The number of aliphatic hydroxyl groups excluding tert-OH is 1. The van der Waals surface area contributed by atoms with Gasteiger partial charge < -0.3 is 54.2 Å². The summed E-state index contributed by atoms with van der Waals surface area (Å²) in [6.45, 7) is -0.394. The lowest BCUT2D eigenvalue weighted by Crippen LogP contribution is -2.35. The molecule has 0 bridgehead atoms. The molecular formula is C24H33N9O18P3+. The van der Waals surface area contributed by atoms with E-state index in [0.29, 0.717) is 0 Å². The Balaban J connectivity index is 0.968. The van der Waals surface area contributed by atoms with Crippen LogP contribution in [0.4, 0.5) is 5.95 Å². The van der Waals surface area contributed by atoms with E-state index in [1.807, 2.05) is 0 Å². The standard InChI is InChI=1S/C24H32N9O18P3/c1-9-27-18-12(20(35)28-9)26-6-32(18)22-14(34)15(43-3)10(48-22)4-46-52(37,38)50-54(41,42)51-53(39,40)47-5-11-16-17(45-8-44-16)23(49-11)33-7-31(2)13-19(33)29-24(25)30-21(13)36/h6-7,10-11,14-17,22-23,34H,4-5,8H2,1-3H3,(H6-,25,27,28,29,30,35,36,37,38,39,40,41,42)/p+1/t10-,11-,14+,15?,16?,17+,22-,23-/m1/s1. The number of imidazole rings is 2. The molecule has 5 unspecified atom stereocenters. The highest BCUT2D eigenvalue weighted by molar-refractivity contribution is 7.66. The number of rotatable bonds is 13. The van der Waals surface area contributed by atoms with Gasteiger partial charge >= 0.3 is 29.0 Å². The second kappa shape index (κ2) is 14.3. The van der Waals surface area contributed by atoms with E-state index in [1.165, 1.54) is 40.4 Å². The van der Waals surface area contributed by atoms with Crippen molar-refractivity contribution < 1.29 is 79.4 Å². The number of hydrogen-bond acceptors (Lipinski definition) is 19. The largest absolute Gasteiger partial charge is 0.490 e. The monoisotopic (exact) mass is 828 g/mol. The van der Waals surface area contributed by atoms with Crippen molar-refractivity contribution in [2.24, 2.45) is 7.05 Å². The number of nitrogens with zero attached hydrogens (tertiary/aromatic N) is 6. The van der Waals surface area contributed by atoms with Crippen molar-refractivity contribution in [3.05, 3.63) is 39.2 Å². The van der Waals surface area contributed by atoms with Crippen LogP contribution in [0.1, 0.15) is 18.3 Å². The first-order valence-corrected chi connectivity index (χ1v) is 20.0. The van der Waals surface area contributed by atoms with Crippen molar-refractivity contribution in [2.75, 3.05) is 32.9 Å². The number of ether oxygens (including phenoxy) is 5. The first-order valence-electron chi connectivity index (χ1n) is 15.5. The minimum absolute atomic E-state index is 0.0505. The molecule has 8 N–H and O–H groups in total. The zero-order valence-corrected chi connectivity index (χ0v) is 30.7. The maximum absolute atomic E-state index is 12.7. The van der Waals surface area contributed by atoms with E-state index in [-0.39, 0.29) is 40.9 Å². The molecule has 54 heavy (non-hydrogen) atoms. The van der Waals surface area contributed by atoms with Crippen molar-refractivity contribution in [3.8, 4) is 0 Å². The van der Waals surface area contributed by atoms with Crippen molar-refractivity contribution in [1.29, 1.82) is 0 Å². The van der Waals surface area contributed by atoms with Gasteiger partial charge in [0.2, 0.25) is 18.5 Å². The van der Waals surface area contributed by atoms with Gasteiger partial charge in [-0.2, -0.15) is 18.2 Å². The number of fused-ring (bicyclic) bond motifs is 3. The van der Waals surface area contributed by atoms with Crippen molar-refractivity contribution >= 4 is 51.7 Å². The number of anilines is 1. The van der Waals surface area contributed by atoms with Gasteiger partial charge in [-0.25, -0.2) is 28.2 Å². The molecule has 4 aromatic rings. The fourth-order valence-electron chi connectivity index (χ4n) is 6.35. The number of aromatic nitrogens is 8. The fourth-order valence-corrected chi connectivity index (χ4v) is 9.87. The van der Waals surface area contributed by atoms with Gasteiger partial charge in [-0.05, 0) is 6.92 Å². The molecule has 0 amide bonds. The molecular weight excluding hydrogens is 795 g/mol. The van der Waals surface area contributed by atoms with E-state index in [1.54, 1.807) is 7.05 Å². The van der Waals surface area contributed by atoms with Crippen LogP contribution in [0.2, 0.25) is 0 Å². The quantitative estimate of drug-likeness (QED) is 0.0558. The Morgan fingerprint density at radius 3 is 2.26 bits per heavy atom. The topological polar surface area (TPSA) is 359 Å². The molecule has 11 atom stereocenters. The predicted octanol–water partition coefficient (Wildman–Crippen LogP) is -2.15. The van der Waals surface area contributed by atoms with Gasteiger partial charge in [0, 0.05) is 7.11 Å². The summed E-state index contributed by atoms with van der Waals surface area (Å²) in [7, 11) is -14.3. The summed E-state index contributed by atoms with van der Waals surface area (Å²) < 4.78 is 88.3. The van der Waals surface area contributed by atoms with Crippen molar-refractivity contribution in [1.82, 2.24) is 34.1 Å². The number of nitrogens with one attached hydrogen (secondary N) is 2. The number of methoxy groups -OCH3 is 1. The van der Waals surface area contributed by atoms with Gasteiger partial charge in [0.05, 0.1) is 26.6 Å². The van der Waals surface area contributed by atoms with Crippen LogP contribution in [0.5, 0.6) is 0 Å². The zero-order chi connectivity index (χ0) is 38.9. The normalized spacial score (nSPS) is 30.4. The molecule has 0 saturated carbocycles. The molecule has 0 spiro atoms. The third-order valence-corrected chi connectivity index (χ3v) is 12.7. The molecule has 3 saturated heterocycles. The number of H-pyrrole nitrogens is 2. The van der Waals surface area contributed by atoms with Crippen LogP contribution >= 0.6 is 23.5 Å². The van der Waals surface area contributed by atoms with Gasteiger partial charge in [0.25, 0.3) is 16.7 Å². The van der Waals surface area contributed by atoms with Gasteiger partial charge in [0.1, 0.15) is 43.1 Å². The Labute approximate surface area is 300 Å². The summed E-state index contributed by atoms with van der Waals surface area (Å²) in [5, 5.41) is 10.9. The Morgan fingerprint density at radius 2 is 1.57 bits per heavy atom. The fraction of sp³-hybridized carbons (Fsp3) is 0.583. The average Bonchev–Trinajstić information content (AvgIpc) is 3.87. The van der Waals surface area contributed by atoms with Crippen molar-refractivity contribution in [2.45, 2.75) is 56.0 Å². The van der Waals surface area contributed by atoms with Gasteiger partial charge in [0.15, 0.2) is 23.5 Å². The van der Waals surface area contributed by atoms with Gasteiger partial charge in [-0.3, -0.25) is 28.2 Å². The number of nitrogens with two attached hydrogens (primary N) is 1. The molecule has 0 radical (unpaired) electrons. The molecule has 296 valence electrons. The molecule has 3 aliphatic heterocycles. The highest BCUT2D eigenvalue weighted by Gasteiger charge is 2.55. The molecule has 7 heterocycles. The lowest BCUT2D eigenvalue weighted by Gasteiger charge is -2.22. The number of phosphoric ester groups is 2. The molecule has 30 heteroatoms. The lowest BCUT2D eigenvalue weighted by atomic mass is 10.1. The van der Waals surface area contributed by atoms with Crippen LogP contribution in [-0.4, -0.2) is 118 Å². The van der Waals surface area contributed by atoms with Crippen LogP contribution in [0.25, 0.3) is 22.3 Å². The van der Waals surface area contributed by atoms with E-state index in [9.17, 15) is 43.1 Å². The van der Waals surface area contributed by atoms with E-state index in [0.717, 1.165) is 0 Å². The smallest absolute Gasteiger partial charge is 0.386 e. The van der Waals surface area contributed by atoms with E-state index >= 15 is 0 Å². The molecule has 3 fully saturated rings. The summed E-state index contributed by atoms with van der Waals surface area (Å²) >= 11 is 0. The zero-order valence-electron chi connectivity index (χ0n) is 28.0. The number of nitrogen functional groups attached to an aromatic ring is 1. The number of aryl methyl sites for hydroxylation is 2. The van der Waals surface area contributed by atoms with E-state index in [4.69, 9.17) is 38.5 Å². The Morgan fingerprint density at radius 1 is 0.926 bits per heavy atom. The molecule has 0 aromatic carbocycles. The SMILES string of the molecule is COC1[C@@H](COP(=O)(O)OP(=O)(O)OP(=O)(O)OC[C@H]2O[C@@H](n3c[n+](C)c4c(=O)[nH]c(N)nc43)[C@H]3OCOC23)O[C@@H](n2cnc3c(=O)[nH]c(C)nc32)[C@H]1O. The number of aromatic amines is 2. The summed E-state index contributed by atoms with van der Waals surface area (Å²) in [6, 6.07) is 0. The van der Waals surface area contributed by atoms with Crippen LogP contribution in [0.15, 0.2) is 22.2 Å². The molecule has 0 aliphatic carbocycles. The maximum Gasteiger partial charge on any atom is 0.490 e. The molecule has 3 aliphatic rings. The minimum Gasteiger partial charge on any atom is -0.386 e. The van der Waals surface area contributed by atoms with Crippen LogP contribution in [0, 0.1) is 6.92 Å². The van der Waals surface area contributed by atoms with Gasteiger partial charge in [-0.1, -0.05) is 0 Å². The maximum atomic E-state index is 12.7. The van der Waals surface area contributed by atoms with Crippen LogP contribution in [-0.2, 0) is 62.1 Å². The van der Waals surface area contributed by atoms with Crippen LogP contribution in [0.3, 0.4) is 0 Å². The van der Waals surface area contributed by atoms with Crippen LogP contribution < -0.4 is 21.4 Å². The van der Waals surface area contributed by atoms with Crippen molar-refractivity contribution in [3.63, 3.8) is 0 Å². The average molecular weight is 828 g/mol. The lowest BCUT2D eigenvalue weighted by molar-refractivity contribution is -0.646. The minimum atomic E-state index is -5.90. The number of hydrogen-bond donors (Lipinski definition) is 7. The second-order valence-corrected chi connectivity index (χ2v) is 16.7. The highest BCUT2D eigenvalue weighted by atomic mass is 31.3. The number of aliphatic hydroxyl groups is 1. The summed E-state index contributed by atoms with van der Waals surface area (Å²) in [5.74, 6) is 0.0611. The number of phosphoric acid groups is 3. The first-order chi connectivity index (χ1) is 25.4. The highest BCUT2D eigenvalue weighted by Crippen LogP contribution is 2.68.